The predicted octanol–water partition coefficient (Wildman–Crippen LogP) is 4.66. The van der Waals surface area contributed by atoms with Crippen molar-refractivity contribution < 1.29 is 14.0 Å². The van der Waals surface area contributed by atoms with Gasteiger partial charge in [0.2, 0.25) is 5.82 Å². The summed E-state index contributed by atoms with van der Waals surface area (Å²) in [7, 11) is 3.20. The number of nitrogens with zero attached hydrogens (tertiary/aromatic N) is 3. The highest BCUT2D eigenvalue weighted by atomic mass is 16.5. The van der Waals surface area contributed by atoms with E-state index in [2.05, 4.69) is 34.1 Å². The average molecular weight is 379 g/mol. The Bertz CT molecular complexity index is 928. The molecule has 0 spiro atoms. The maximum atomic E-state index is 5.50. The van der Waals surface area contributed by atoms with Gasteiger partial charge in [-0.05, 0) is 55.2 Å². The van der Waals surface area contributed by atoms with E-state index in [0.717, 1.165) is 24.6 Å². The zero-order valence-corrected chi connectivity index (χ0v) is 16.5. The summed E-state index contributed by atoms with van der Waals surface area (Å²) in [6, 6.07) is 13.9. The molecule has 4 rings (SSSR count). The SMILES string of the molecule is COc1cccc(-c2nc(-c3ccc(N4CCC(C)CC4)cc3)no2)c1OC. The van der Waals surface area contributed by atoms with Crippen LogP contribution in [0.4, 0.5) is 5.69 Å². The number of benzene rings is 2. The molecule has 0 saturated carbocycles. The first-order valence-corrected chi connectivity index (χ1v) is 9.60. The highest BCUT2D eigenvalue weighted by molar-refractivity contribution is 5.69. The Balaban J connectivity index is 1.57. The van der Waals surface area contributed by atoms with E-state index in [0.29, 0.717) is 28.8 Å². The molecule has 1 saturated heterocycles. The molecule has 2 aromatic carbocycles. The minimum absolute atomic E-state index is 0.403. The average Bonchev–Trinajstić information content (AvgIpc) is 3.24. The second-order valence-corrected chi connectivity index (χ2v) is 7.18. The van der Waals surface area contributed by atoms with Crippen molar-refractivity contribution in [3.63, 3.8) is 0 Å². The van der Waals surface area contributed by atoms with Gasteiger partial charge in [-0.25, -0.2) is 0 Å². The van der Waals surface area contributed by atoms with Crippen LogP contribution in [0, 0.1) is 5.92 Å². The fourth-order valence-electron chi connectivity index (χ4n) is 3.59. The number of hydrogen-bond acceptors (Lipinski definition) is 6. The van der Waals surface area contributed by atoms with Crippen LogP contribution in [0.15, 0.2) is 47.0 Å². The molecule has 28 heavy (non-hydrogen) atoms. The first-order valence-electron chi connectivity index (χ1n) is 9.60. The third kappa shape index (κ3) is 3.54. The normalized spacial score (nSPS) is 14.9. The topological polar surface area (TPSA) is 60.6 Å². The summed E-state index contributed by atoms with van der Waals surface area (Å²) >= 11 is 0. The maximum Gasteiger partial charge on any atom is 0.262 e. The molecule has 0 amide bonds. The van der Waals surface area contributed by atoms with Gasteiger partial charge in [-0.15, -0.1) is 0 Å². The Morgan fingerprint density at radius 1 is 1.00 bits per heavy atom. The molecule has 0 N–H and O–H groups in total. The minimum Gasteiger partial charge on any atom is -0.493 e. The lowest BCUT2D eigenvalue weighted by atomic mass is 9.98. The predicted molar refractivity (Wildman–Crippen MR) is 109 cm³/mol. The van der Waals surface area contributed by atoms with Crippen molar-refractivity contribution in [2.24, 2.45) is 5.92 Å². The largest absolute Gasteiger partial charge is 0.493 e. The van der Waals surface area contributed by atoms with Crippen LogP contribution in [-0.2, 0) is 0 Å². The summed E-state index contributed by atoms with van der Waals surface area (Å²) in [6.45, 7) is 4.55. The highest BCUT2D eigenvalue weighted by Crippen LogP contribution is 2.37. The fourth-order valence-corrected chi connectivity index (χ4v) is 3.59. The summed E-state index contributed by atoms with van der Waals surface area (Å²) in [4.78, 5) is 7.00. The summed E-state index contributed by atoms with van der Waals surface area (Å²) in [5.41, 5.74) is 2.87. The standard InChI is InChI=1S/C22H25N3O3/c1-15-11-13-25(14-12-15)17-9-7-16(8-10-17)21-23-22(28-24-21)18-5-4-6-19(26-2)20(18)27-3/h4-10,15H,11-14H2,1-3H3. The van der Waals surface area contributed by atoms with Gasteiger partial charge in [-0.2, -0.15) is 4.98 Å². The van der Waals surface area contributed by atoms with Crippen LogP contribution in [-0.4, -0.2) is 37.4 Å². The van der Waals surface area contributed by atoms with Gasteiger partial charge in [0.05, 0.1) is 19.8 Å². The number of rotatable bonds is 5. The smallest absolute Gasteiger partial charge is 0.262 e. The van der Waals surface area contributed by atoms with Gasteiger partial charge < -0.3 is 18.9 Å². The summed E-state index contributed by atoms with van der Waals surface area (Å²) in [6.07, 6.45) is 2.50. The first kappa shape index (κ1) is 18.3. The molecule has 146 valence electrons. The molecule has 1 aliphatic rings. The van der Waals surface area contributed by atoms with Crippen molar-refractivity contribution in [2.45, 2.75) is 19.8 Å². The quantitative estimate of drug-likeness (QED) is 0.643. The van der Waals surface area contributed by atoms with Crippen molar-refractivity contribution in [3.8, 4) is 34.3 Å². The van der Waals surface area contributed by atoms with E-state index in [9.17, 15) is 0 Å². The molecule has 0 atom stereocenters. The van der Waals surface area contributed by atoms with Crippen LogP contribution in [0.25, 0.3) is 22.8 Å². The summed E-state index contributed by atoms with van der Waals surface area (Å²) in [5.74, 6) is 2.98. The van der Waals surface area contributed by atoms with Gasteiger partial charge in [0.1, 0.15) is 0 Å². The molecule has 6 heteroatoms. The number of aromatic nitrogens is 2. The minimum atomic E-state index is 0.403. The van der Waals surface area contributed by atoms with Crippen molar-refractivity contribution in [1.82, 2.24) is 10.1 Å². The van der Waals surface area contributed by atoms with Crippen LogP contribution < -0.4 is 14.4 Å². The van der Waals surface area contributed by atoms with Crippen LogP contribution in [0.5, 0.6) is 11.5 Å². The van der Waals surface area contributed by atoms with Gasteiger partial charge in [0.15, 0.2) is 11.5 Å². The fraction of sp³-hybridized carbons (Fsp3) is 0.364. The number of ether oxygens (including phenoxy) is 2. The third-order valence-electron chi connectivity index (χ3n) is 5.33. The van der Waals surface area contributed by atoms with Crippen LogP contribution in [0.1, 0.15) is 19.8 Å². The van der Waals surface area contributed by atoms with Gasteiger partial charge in [0, 0.05) is 24.3 Å². The summed E-state index contributed by atoms with van der Waals surface area (Å²) < 4.78 is 16.3. The van der Waals surface area contributed by atoms with Crippen molar-refractivity contribution in [3.05, 3.63) is 42.5 Å². The van der Waals surface area contributed by atoms with Crippen LogP contribution in [0.2, 0.25) is 0 Å². The van der Waals surface area contributed by atoms with Gasteiger partial charge in [-0.1, -0.05) is 18.1 Å². The molecule has 1 aliphatic heterocycles. The molecule has 6 nitrogen and oxygen atoms in total. The molecular formula is C22H25N3O3. The lowest BCUT2D eigenvalue weighted by molar-refractivity contribution is 0.353. The van der Waals surface area contributed by atoms with Crippen molar-refractivity contribution >= 4 is 5.69 Å². The lowest BCUT2D eigenvalue weighted by Crippen LogP contribution is -2.32. The molecule has 0 unspecified atom stereocenters. The van der Waals surface area contributed by atoms with Crippen LogP contribution in [0.3, 0.4) is 0 Å². The number of para-hydroxylation sites is 1. The molecule has 1 fully saturated rings. The Kier molecular flexibility index (Phi) is 5.19. The Morgan fingerprint density at radius 2 is 1.75 bits per heavy atom. The van der Waals surface area contributed by atoms with Gasteiger partial charge in [-0.3, -0.25) is 0 Å². The molecule has 1 aromatic heterocycles. The number of anilines is 1. The van der Waals surface area contributed by atoms with E-state index >= 15 is 0 Å². The van der Waals surface area contributed by atoms with E-state index in [1.807, 2.05) is 30.3 Å². The molecule has 2 heterocycles. The Labute approximate surface area is 165 Å². The molecule has 0 radical (unpaired) electrons. The molecule has 0 bridgehead atoms. The van der Waals surface area contributed by atoms with E-state index in [1.54, 1.807) is 14.2 Å². The lowest BCUT2D eigenvalue weighted by Gasteiger charge is -2.32. The third-order valence-corrected chi connectivity index (χ3v) is 5.33. The number of hydrogen-bond donors (Lipinski definition) is 0. The maximum absolute atomic E-state index is 5.50. The second kappa shape index (κ2) is 7.92. The molecule has 3 aromatic rings. The Hall–Kier alpha value is -3.02. The Morgan fingerprint density at radius 3 is 2.43 bits per heavy atom. The number of piperidine rings is 1. The number of methoxy groups -OCH3 is 2. The zero-order chi connectivity index (χ0) is 19.5. The second-order valence-electron chi connectivity index (χ2n) is 7.18. The van der Waals surface area contributed by atoms with Crippen molar-refractivity contribution in [2.75, 3.05) is 32.2 Å². The van der Waals surface area contributed by atoms with E-state index < -0.39 is 0 Å². The van der Waals surface area contributed by atoms with Crippen molar-refractivity contribution in [1.29, 1.82) is 0 Å². The van der Waals surface area contributed by atoms with E-state index in [1.165, 1.54) is 18.5 Å². The highest BCUT2D eigenvalue weighted by Gasteiger charge is 2.19. The monoisotopic (exact) mass is 379 g/mol. The molecular weight excluding hydrogens is 354 g/mol. The van der Waals surface area contributed by atoms with Gasteiger partial charge >= 0.3 is 0 Å². The van der Waals surface area contributed by atoms with Crippen LogP contribution >= 0.6 is 0 Å². The van der Waals surface area contributed by atoms with E-state index in [-0.39, 0.29) is 0 Å². The first-order chi connectivity index (χ1) is 13.7. The zero-order valence-electron chi connectivity index (χ0n) is 16.5. The van der Waals surface area contributed by atoms with Gasteiger partial charge in [0.25, 0.3) is 5.89 Å². The molecule has 0 aliphatic carbocycles. The summed E-state index contributed by atoms with van der Waals surface area (Å²) in [5, 5.41) is 4.15. The van der Waals surface area contributed by atoms with E-state index in [4.69, 9.17) is 14.0 Å².